The molecule has 0 aliphatic heterocycles. The molecule has 1 unspecified atom stereocenters. The maximum atomic E-state index is 13.6. The Morgan fingerprint density at radius 2 is 1.72 bits per heavy atom. The van der Waals surface area contributed by atoms with Gasteiger partial charge in [0, 0.05) is 11.8 Å². The quantitative estimate of drug-likeness (QED) is 0.491. The van der Waals surface area contributed by atoms with E-state index in [0.29, 0.717) is 10.2 Å². The molecule has 2 aromatic rings. The Hall–Kier alpha value is -1.01. The average Bonchev–Trinajstić information content (AvgIpc) is 2.35. The van der Waals surface area contributed by atoms with Crippen molar-refractivity contribution in [3.63, 3.8) is 0 Å². The molecule has 0 saturated carbocycles. The molecule has 0 bridgehead atoms. The summed E-state index contributed by atoms with van der Waals surface area (Å²) in [5, 5.41) is -0.915. The Morgan fingerprint density at radius 3 is 2.33 bits per heavy atom. The van der Waals surface area contributed by atoms with E-state index in [2.05, 4.69) is 33.5 Å². The molecule has 94 valence electrons. The minimum absolute atomic E-state index is 0.414. The lowest BCUT2D eigenvalue weighted by atomic mass is 10.0. The predicted molar refractivity (Wildman–Crippen MR) is 69.1 cm³/mol. The molecule has 0 N–H and O–H groups in total. The number of hydrogen-bond donors (Lipinski definition) is 1. The zero-order valence-electron chi connectivity index (χ0n) is 8.87. The summed E-state index contributed by atoms with van der Waals surface area (Å²) in [5.41, 5.74) is 0.0624. The summed E-state index contributed by atoms with van der Waals surface area (Å²) in [6, 6.07) is 4.85. The molecule has 6 heteroatoms. The summed E-state index contributed by atoms with van der Waals surface area (Å²) in [6.07, 6.45) is 1.42. The highest BCUT2D eigenvalue weighted by Crippen LogP contribution is 2.32. The van der Waals surface area contributed by atoms with E-state index in [1.165, 1.54) is 6.20 Å². The van der Waals surface area contributed by atoms with E-state index in [9.17, 15) is 13.2 Å². The van der Waals surface area contributed by atoms with Gasteiger partial charge in [-0.2, -0.15) is 12.6 Å². The van der Waals surface area contributed by atoms with Crippen molar-refractivity contribution in [3.8, 4) is 0 Å². The molecule has 1 aromatic heterocycles. The van der Waals surface area contributed by atoms with E-state index in [1.807, 2.05) is 0 Å². The molecule has 1 aromatic carbocycles. The molecule has 2 rings (SSSR count). The van der Waals surface area contributed by atoms with Gasteiger partial charge in [-0.05, 0) is 39.7 Å². The highest BCUT2D eigenvalue weighted by atomic mass is 79.9. The van der Waals surface area contributed by atoms with Crippen LogP contribution in [0.1, 0.15) is 16.4 Å². The second kappa shape index (κ2) is 5.32. The molecule has 0 radical (unpaired) electrons. The molecule has 0 saturated heterocycles. The van der Waals surface area contributed by atoms with Gasteiger partial charge in [0.25, 0.3) is 0 Å². The van der Waals surface area contributed by atoms with E-state index in [4.69, 9.17) is 0 Å². The predicted octanol–water partition coefficient (Wildman–Crippen LogP) is 4.28. The van der Waals surface area contributed by atoms with E-state index < -0.39 is 28.3 Å². The number of benzene rings is 1. The summed E-state index contributed by atoms with van der Waals surface area (Å²) in [5.74, 6) is -3.16. The largest absolute Gasteiger partial charge is 0.249 e. The van der Waals surface area contributed by atoms with Crippen LogP contribution in [0, 0.1) is 17.5 Å². The van der Waals surface area contributed by atoms with Crippen molar-refractivity contribution in [2.45, 2.75) is 5.25 Å². The van der Waals surface area contributed by atoms with Crippen LogP contribution >= 0.6 is 28.6 Å². The number of nitrogens with zero attached hydrogens (tertiary/aromatic N) is 1. The first-order valence-electron chi connectivity index (χ1n) is 4.93. The van der Waals surface area contributed by atoms with Crippen LogP contribution in [0.25, 0.3) is 0 Å². The Kier molecular flexibility index (Phi) is 3.97. The molecule has 18 heavy (non-hydrogen) atoms. The highest BCUT2D eigenvalue weighted by molar-refractivity contribution is 9.10. The van der Waals surface area contributed by atoms with Crippen molar-refractivity contribution < 1.29 is 13.2 Å². The zero-order valence-corrected chi connectivity index (χ0v) is 11.4. The third kappa shape index (κ3) is 2.54. The van der Waals surface area contributed by atoms with Gasteiger partial charge in [-0.15, -0.1) is 0 Å². The maximum Gasteiger partial charge on any atom is 0.166 e. The van der Waals surface area contributed by atoms with Crippen molar-refractivity contribution in [2.24, 2.45) is 0 Å². The zero-order chi connectivity index (χ0) is 13.3. The molecule has 0 fully saturated rings. The van der Waals surface area contributed by atoms with Crippen molar-refractivity contribution in [1.29, 1.82) is 0 Å². The molecule has 1 heterocycles. The van der Waals surface area contributed by atoms with Gasteiger partial charge < -0.3 is 0 Å². The van der Waals surface area contributed by atoms with Crippen LogP contribution in [0.3, 0.4) is 0 Å². The number of hydrogen-bond acceptors (Lipinski definition) is 2. The van der Waals surface area contributed by atoms with Crippen molar-refractivity contribution in [2.75, 3.05) is 0 Å². The van der Waals surface area contributed by atoms with Crippen LogP contribution in [-0.2, 0) is 0 Å². The van der Waals surface area contributed by atoms with E-state index >= 15 is 0 Å². The first kappa shape index (κ1) is 13.4. The van der Waals surface area contributed by atoms with Crippen molar-refractivity contribution in [1.82, 2.24) is 4.98 Å². The van der Waals surface area contributed by atoms with Crippen LogP contribution in [0.2, 0.25) is 0 Å². The van der Waals surface area contributed by atoms with Gasteiger partial charge in [-0.1, -0.05) is 6.07 Å². The van der Waals surface area contributed by atoms with Crippen LogP contribution in [0.5, 0.6) is 0 Å². The topological polar surface area (TPSA) is 12.9 Å². The molecule has 1 atom stereocenters. The second-order valence-electron chi connectivity index (χ2n) is 3.57. The third-order valence-electron chi connectivity index (χ3n) is 2.42. The summed E-state index contributed by atoms with van der Waals surface area (Å²) < 4.78 is 40.8. The molecule has 0 aliphatic carbocycles. The Labute approximate surface area is 116 Å². The summed E-state index contributed by atoms with van der Waals surface area (Å²) in [6.45, 7) is 0. The normalized spacial score (nSPS) is 12.5. The van der Waals surface area contributed by atoms with Gasteiger partial charge in [0.1, 0.15) is 10.4 Å². The summed E-state index contributed by atoms with van der Waals surface area (Å²) in [7, 11) is 0. The maximum absolute atomic E-state index is 13.6. The third-order valence-corrected chi connectivity index (χ3v) is 3.44. The molecular weight excluding hydrogens is 327 g/mol. The first-order chi connectivity index (χ1) is 8.50. The molecule has 0 aliphatic rings. The highest BCUT2D eigenvalue weighted by Gasteiger charge is 2.21. The lowest BCUT2D eigenvalue weighted by molar-refractivity contribution is 0.482. The fraction of sp³-hybridized carbons (Fsp3) is 0.0833. The Bertz CT molecular complexity index is 574. The van der Waals surface area contributed by atoms with Gasteiger partial charge in [0.2, 0.25) is 0 Å². The SMILES string of the molecule is Fc1ccc(F)c(C(S)c2ccc(Br)nc2)c1F. The number of halogens is 4. The Morgan fingerprint density at radius 1 is 1.06 bits per heavy atom. The first-order valence-corrected chi connectivity index (χ1v) is 6.24. The van der Waals surface area contributed by atoms with E-state index in [0.717, 1.165) is 12.1 Å². The Balaban J connectivity index is 2.49. The minimum atomic E-state index is -1.22. The van der Waals surface area contributed by atoms with Gasteiger partial charge >= 0.3 is 0 Å². The van der Waals surface area contributed by atoms with Gasteiger partial charge in [0.05, 0.1) is 5.25 Å². The number of aromatic nitrogens is 1. The second-order valence-corrected chi connectivity index (χ2v) is 4.90. The van der Waals surface area contributed by atoms with Gasteiger partial charge in [-0.3, -0.25) is 0 Å². The number of pyridine rings is 1. The average molecular weight is 334 g/mol. The standard InChI is InChI=1S/C12H7BrF3NS/c13-9-4-1-6(5-17-9)12(18)10-7(14)2-3-8(15)11(10)16/h1-5,12,18H. The van der Waals surface area contributed by atoms with Gasteiger partial charge in [0.15, 0.2) is 11.6 Å². The molecule has 1 nitrogen and oxygen atoms in total. The number of thiol groups is 1. The van der Waals surface area contributed by atoms with Crippen LogP contribution in [0.15, 0.2) is 35.1 Å². The lowest BCUT2D eigenvalue weighted by Gasteiger charge is -2.13. The van der Waals surface area contributed by atoms with Crippen LogP contribution in [-0.4, -0.2) is 4.98 Å². The van der Waals surface area contributed by atoms with Crippen molar-refractivity contribution in [3.05, 3.63) is 63.6 Å². The van der Waals surface area contributed by atoms with Gasteiger partial charge in [-0.25, -0.2) is 18.2 Å². The van der Waals surface area contributed by atoms with Crippen molar-refractivity contribution >= 4 is 28.6 Å². The van der Waals surface area contributed by atoms with Crippen LogP contribution < -0.4 is 0 Å². The summed E-state index contributed by atoms with van der Waals surface area (Å²) >= 11 is 7.28. The fourth-order valence-corrected chi connectivity index (χ4v) is 2.13. The lowest BCUT2D eigenvalue weighted by Crippen LogP contribution is -2.03. The molecule has 0 amide bonds. The van der Waals surface area contributed by atoms with E-state index in [-0.39, 0.29) is 0 Å². The monoisotopic (exact) mass is 333 g/mol. The minimum Gasteiger partial charge on any atom is -0.249 e. The number of rotatable bonds is 2. The van der Waals surface area contributed by atoms with E-state index in [1.54, 1.807) is 12.1 Å². The molecular formula is C12H7BrF3NS. The summed E-state index contributed by atoms with van der Waals surface area (Å²) in [4.78, 5) is 3.94. The fourth-order valence-electron chi connectivity index (χ4n) is 1.51. The molecule has 0 spiro atoms. The smallest absolute Gasteiger partial charge is 0.166 e. The van der Waals surface area contributed by atoms with Crippen LogP contribution in [0.4, 0.5) is 13.2 Å².